The van der Waals surface area contributed by atoms with Gasteiger partial charge in [0.1, 0.15) is 30.5 Å². The first kappa shape index (κ1) is 21.3. The molecule has 0 amide bonds. The fourth-order valence-electron chi connectivity index (χ4n) is 3.45. The van der Waals surface area contributed by atoms with E-state index >= 15 is 0 Å². The van der Waals surface area contributed by atoms with Gasteiger partial charge in [0.25, 0.3) is 0 Å². The van der Waals surface area contributed by atoms with Crippen molar-refractivity contribution < 1.29 is 24.1 Å². The van der Waals surface area contributed by atoms with Gasteiger partial charge in [-0.3, -0.25) is 9.69 Å². The SMILES string of the molecule is COc1ccc(CN(CC(O)COc2ccc(C=O)cc2)CC2CCCO2)cc1. The number of hydrogen-bond donors (Lipinski definition) is 1. The van der Waals surface area contributed by atoms with Crippen LogP contribution in [0.25, 0.3) is 0 Å². The lowest BCUT2D eigenvalue weighted by atomic mass is 10.1. The first-order valence-electron chi connectivity index (χ1n) is 9.99. The van der Waals surface area contributed by atoms with Crippen LogP contribution in [0, 0.1) is 0 Å². The van der Waals surface area contributed by atoms with E-state index in [1.165, 1.54) is 0 Å². The summed E-state index contributed by atoms with van der Waals surface area (Å²) in [6.07, 6.45) is 2.50. The largest absolute Gasteiger partial charge is 0.497 e. The minimum Gasteiger partial charge on any atom is -0.497 e. The van der Waals surface area contributed by atoms with Crippen LogP contribution < -0.4 is 9.47 Å². The predicted octanol–water partition coefficient (Wildman–Crippen LogP) is 2.93. The maximum absolute atomic E-state index is 10.7. The van der Waals surface area contributed by atoms with Crippen LogP contribution in [-0.4, -0.2) is 61.9 Å². The molecule has 2 aromatic rings. The molecule has 0 aromatic heterocycles. The van der Waals surface area contributed by atoms with Crippen molar-refractivity contribution in [1.29, 1.82) is 0 Å². The Morgan fingerprint density at radius 1 is 1.17 bits per heavy atom. The molecule has 3 rings (SSSR count). The second-order valence-corrected chi connectivity index (χ2v) is 7.33. The van der Waals surface area contributed by atoms with Crippen molar-refractivity contribution >= 4 is 6.29 Å². The summed E-state index contributed by atoms with van der Waals surface area (Å²) in [5, 5.41) is 10.5. The van der Waals surface area contributed by atoms with E-state index in [0.717, 1.165) is 50.1 Å². The van der Waals surface area contributed by atoms with Crippen LogP contribution in [0.1, 0.15) is 28.8 Å². The van der Waals surface area contributed by atoms with Crippen molar-refractivity contribution in [2.24, 2.45) is 0 Å². The van der Waals surface area contributed by atoms with Crippen molar-refractivity contribution in [1.82, 2.24) is 4.90 Å². The number of aliphatic hydroxyl groups is 1. The summed E-state index contributed by atoms with van der Waals surface area (Å²) in [6.45, 7) is 2.97. The Kier molecular flexibility index (Phi) is 8.04. The molecule has 0 saturated carbocycles. The van der Waals surface area contributed by atoms with Gasteiger partial charge in [-0.15, -0.1) is 0 Å². The Balaban J connectivity index is 1.55. The number of aliphatic hydroxyl groups excluding tert-OH is 1. The third-order valence-corrected chi connectivity index (χ3v) is 4.98. The quantitative estimate of drug-likeness (QED) is 0.586. The highest BCUT2D eigenvalue weighted by Gasteiger charge is 2.21. The second kappa shape index (κ2) is 11.0. The smallest absolute Gasteiger partial charge is 0.150 e. The summed E-state index contributed by atoms with van der Waals surface area (Å²) in [5.41, 5.74) is 1.75. The van der Waals surface area contributed by atoms with Crippen molar-refractivity contribution in [2.75, 3.05) is 33.4 Å². The Hall–Kier alpha value is -2.41. The van der Waals surface area contributed by atoms with Crippen molar-refractivity contribution in [3.05, 3.63) is 59.7 Å². The third kappa shape index (κ3) is 6.85. The number of rotatable bonds is 11. The zero-order chi connectivity index (χ0) is 20.5. The fraction of sp³-hybridized carbons (Fsp3) is 0.435. The predicted molar refractivity (Wildman–Crippen MR) is 111 cm³/mol. The number of hydrogen-bond acceptors (Lipinski definition) is 6. The van der Waals surface area contributed by atoms with E-state index in [4.69, 9.17) is 14.2 Å². The lowest BCUT2D eigenvalue weighted by molar-refractivity contribution is 0.0313. The van der Waals surface area contributed by atoms with Crippen LogP contribution >= 0.6 is 0 Å². The molecule has 0 bridgehead atoms. The highest BCUT2D eigenvalue weighted by molar-refractivity contribution is 5.74. The molecule has 2 atom stereocenters. The zero-order valence-corrected chi connectivity index (χ0v) is 16.8. The molecule has 2 aromatic carbocycles. The van der Waals surface area contributed by atoms with Gasteiger partial charge in [0.05, 0.1) is 13.2 Å². The van der Waals surface area contributed by atoms with Gasteiger partial charge in [-0.1, -0.05) is 12.1 Å². The number of carbonyl (C=O) groups is 1. The minimum atomic E-state index is -0.639. The van der Waals surface area contributed by atoms with Crippen LogP contribution in [0.3, 0.4) is 0 Å². The molecular formula is C23H29NO5. The number of aldehydes is 1. The van der Waals surface area contributed by atoms with E-state index in [1.54, 1.807) is 31.4 Å². The summed E-state index contributed by atoms with van der Waals surface area (Å²) in [7, 11) is 1.65. The number of carbonyl (C=O) groups excluding carboxylic acids is 1. The molecule has 0 spiro atoms. The molecule has 1 saturated heterocycles. The van der Waals surface area contributed by atoms with E-state index in [9.17, 15) is 9.90 Å². The van der Waals surface area contributed by atoms with Crippen LogP contribution in [-0.2, 0) is 11.3 Å². The molecule has 156 valence electrons. The Morgan fingerprint density at radius 2 is 1.90 bits per heavy atom. The van der Waals surface area contributed by atoms with Gasteiger partial charge >= 0.3 is 0 Å². The highest BCUT2D eigenvalue weighted by Crippen LogP contribution is 2.18. The Bertz CT molecular complexity index is 741. The van der Waals surface area contributed by atoms with Gasteiger partial charge in [0.2, 0.25) is 0 Å². The molecule has 1 aliphatic heterocycles. The molecule has 2 unspecified atom stereocenters. The molecule has 0 radical (unpaired) electrons. The second-order valence-electron chi connectivity index (χ2n) is 7.33. The fourth-order valence-corrected chi connectivity index (χ4v) is 3.45. The lowest BCUT2D eigenvalue weighted by Gasteiger charge is -2.27. The molecule has 1 heterocycles. The van der Waals surface area contributed by atoms with Gasteiger partial charge in [0.15, 0.2) is 0 Å². The summed E-state index contributed by atoms with van der Waals surface area (Å²) in [5.74, 6) is 1.46. The van der Waals surface area contributed by atoms with Crippen LogP contribution in [0.5, 0.6) is 11.5 Å². The highest BCUT2D eigenvalue weighted by atomic mass is 16.5. The molecule has 0 aliphatic carbocycles. The molecule has 1 fully saturated rings. The van der Waals surface area contributed by atoms with E-state index in [0.29, 0.717) is 17.9 Å². The summed E-state index contributed by atoms with van der Waals surface area (Å²) >= 11 is 0. The first-order chi connectivity index (χ1) is 14.2. The average molecular weight is 399 g/mol. The van der Waals surface area contributed by atoms with E-state index in [1.807, 2.05) is 24.3 Å². The minimum absolute atomic E-state index is 0.186. The molecule has 6 nitrogen and oxygen atoms in total. The summed E-state index contributed by atoms with van der Waals surface area (Å²) < 4.78 is 16.7. The Morgan fingerprint density at radius 3 is 2.52 bits per heavy atom. The lowest BCUT2D eigenvalue weighted by Crippen LogP contribution is -2.39. The van der Waals surface area contributed by atoms with Gasteiger partial charge in [-0.2, -0.15) is 0 Å². The maximum atomic E-state index is 10.7. The standard InChI is InChI=1S/C23H29NO5/c1-27-21-8-4-18(5-9-21)13-24(15-23-3-2-12-28-23)14-20(26)17-29-22-10-6-19(16-25)7-11-22/h4-11,16,20,23,26H,2-3,12-15,17H2,1H3. The van der Waals surface area contributed by atoms with E-state index in [-0.39, 0.29) is 12.7 Å². The molecule has 1 aliphatic rings. The van der Waals surface area contributed by atoms with Gasteiger partial charge in [-0.25, -0.2) is 0 Å². The van der Waals surface area contributed by atoms with E-state index < -0.39 is 6.10 Å². The summed E-state index contributed by atoms with van der Waals surface area (Å²) in [4.78, 5) is 12.9. The topological polar surface area (TPSA) is 68.2 Å². The molecule has 1 N–H and O–H groups in total. The van der Waals surface area contributed by atoms with Crippen molar-refractivity contribution in [3.63, 3.8) is 0 Å². The number of nitrogens with zero attached hydrogens (tertiary/aromatic N) is 1. The van der Waals surface area contributed by atoms with Gasteiger partial charge < -0.3 is 19.3 Å². The Labute approximate surface area is 172 Å². The third-order valence-electron chi connectivity index (χ3n) is 4.98. The van der Waals surface area contributed by atoms with Crippen LogP contribution in [0.15, 0.2) is 48.5 Å². The van der Waals surface area contributed by atoms with E-state index in [2.05, 4.69) is 4.90 Å². The number of methoxy groups -OCH3 is 1. The monoisotopic (exact) mass is 399 g/mol. The maximum Gasteiger partial charge on any atom is 0.150 e. The van der Waals surface area contributed by atoms with Crippen LogP contribution in [0.4, 0.5) is 0 Å². The zero-order valence-electron chi connectivity index (χ0n) is 16.8. The number of benzene rings is 2. The number of ether oxygens (including phenoxy) is 3. The molecule has 29 heavy (non-hydrogen) atoms. The van der Waals surface area contributed by atoms with Crippen molar-refractivity contribution in [2.45, 2.75) is 31.6 Å². The van der Waals surface area contributed by atoms with Gasteiger partial charge in [-0.05, 0) is 54.8 Å². The van der Waals surface area contributed by atoms with Crippen LogP contribution in [0.2, 0.25) is 0 Å². The van der Waals surface area contributed by atoms with Crippen molar-refractivity contribution in [3.8, 4) is 11.5 Å². The average Bonchev–Trinajstić information content (AvgIpc) is 3.26. The van der Waals surface area contributed by atoms with Gasteiger partial charge in [0, 0.05) is 31.8 Å². The molecule has 6 heteroatoms. The normalized spacial score (nSPS) is 17.3. The summed E-state index contributed by atoms with van der Waals surface area (Å²) in [6, 6.07) is 14.8. The molecular weight excluding hydrogens is 370 g/mol. The first-order valence-corrected chi connectivity index (χ1v) is 9.99.